The van der Waals surface area contributed by atoms with Crippen LogP contribution in [0.2, 0.25) is 0 Å². The number of halogens is 1. The van der Waals surface area contributed by atoms with Gasteiger partial charge in [0.15, 0.2) is 0 Å². The minimum absolute atomic E-state index is 0.0283. The normalized spacial score (nSPS) is 20.6. The van der Waals surface area contributed by atoms with Gasteiger partial charge in [-0.2, -0.15) is 0 Å². The third kappa shape index (κ3) is 7.17. The lowest BCUT2D eigenvalue weighted by Crippen LogP contribution is -2.52. The van der Waals surface area contributed by atoms with Gasteiger partial charge in [0, 0.05) is 38.2 Å². The van der Waals surface area contributed by atoms with Gasteiger partial charge in [-0.05, 0) is 72.8 Å². The fourth-order valence-electron chi connectivity index (χ4n) is 5.53. The van der Waals surface area contributed by atoms with Crippen LogP contribution in [0.5, 0.6) is 5.75 Å². The summed E-state index contributed by atoms with van der Waals surface area (Å²) in [5, 5.41) is 2.32. The smallest absolute Gasteiger partial charge is 0.255 e. The van der Waals surface area contributed by atoms with E-state index >= 15 is 0 Å². The molecule has 214 valence electrons. The number of likely N-dealkylation sites (tertiary alicyclic amines) is 1. The maximum Gasteiger partial charge on any atom is 0.255 e. The van der Waals surface area contributed by atoms with Crippen LogP contribution in [0.3, 0.4) is 0 Å². The molecular formula is C32H35FN4O4. The van der Waals surface area contributed by atoms with Gasteiger partial charge >= 0.3 is 0 Å². The van der Waals surface area contributed by atoms with Crippen LogP contribution < -0.4 is 15.8 Å². The molecule has 3 aromatic carbocycles. The van der Waals surface area contributed by atoms with Gasteiger partial charge in [-0.1, -0.05) is 42.5 Å². The summed E-state index contributed by atoms with van der Waals surface area (Å²) in [6.45, 7) is 3.46. The number of nitrogens with one attached hydrogen (secondary N) is 1. The zero-order valence-electron chi connectivity index (χ0n) is 22.9. The average Bonchev–Trinajstić information content (AvgIpc) is 3.30. The Kier molecular flexibility index (Phi) is 9.06. The van der Waals surface area contributed by atoms with Crippen molar-refractivity contribution in [3.05, 3.63) is 101 Å². The molecule has 8 nitrogen and oxygen atoms in total. The lowest BCUT2D eigenvalue weighted by molar-refractivity contribution is -0.136. The van der Waals surface area contributed by atoms with Crippen molar-refractivity contribution in [2.75, 3.05) is 13.1 Å². The van der Waals surface area contributed by atoms with E-state index in [9.17, 15) is 18.8 Å². The highest BCUT2D eigenvalue weighted by Gasteiger charge is 2.39. The lowest BCUT2D eigenvalue weighted by atomic mass is 10.0. The van der Waals surface area contributed by atoms with Crippen LogP contribution in [0.15, 0.2) is 72.8 Å². The summed E-state index contributed by atoms with van der Waals surface area (Å²) in [5.41, 5.74) is 9.02. The number of benzene rings is 3. The molecule has 3 aromatic rings. The summed E-state index contributed by atoms with van der Waals surface area (Å²) in [6.07, 6.45) is 2.57. The first-order valence-electron chi connectivity index (χ1n) is 14.0. The highest BCUT2D eigenvalue weighted by atomic mass is 19.1. The van der Waals surface area contributed by atoms with Crippen molar-refractivity contribution in [2.24, 2.45) is 5.73 Å². The van der Waals surface area contributed by atoms with Crippen molar-refractivity contribution in [3.63, 3.8) is 0 Å². The highest BCUT2D eigenvalue weighted by Crippen LogP contribution is 2.31. The van der Waals surface area contributed by atoms with Crippen LogP contribution in [0.25, 0.3) is 0 Å². The second-order valence-corrected chi connectivity index (χ2v) is 10.7. The standard InChI is InChI=1S/C25H26FN3O4.C7H9N/c26-18-5-3-16(4-6-18)13-28-11-1-2-20(15-28)33-19-7-8-21-17(12-19)14-29(25(21)32)22-9-10-23(30)27-24(22)31;8-6-7-4-2-1-3-5-7/h3-8,12,20,22H,1-2,9-11,13-15H2,(H,27,30,31);1-5H,6,8H2. The number of hydrogen-bond acceptors (Lipinski definition) is 6. The van der Waals surface area contributed by atoms with Gasteiger partial charge in [-0.15, -0.1) is 0 Å². The fourth-order valence-corrected chi connectivity index (χ4v) is 5.53. The predicted molar refractivity (Wildman–Crippen MR) is 152 cm³/mol. The number of imide groups is 1. The van der Waals surface area contributed by atoms with Crippen molar-refractivity contribution >= 4 is 17.7 Å². The minimum Gasteiger partial charge on any atom is -0.489 e. The molecule has 0 aliphatic carbocycles. The van der Waals surface area contributed by atoms with Crippen molar-refractivity contribution in [2.45, 2.75) is 57.5 Å². The number of hydrogen-bond donors (Lipinski definition) is 2. The summed E-state index contributed by atoms with van der Waals surface area (Å²) in [5.74, 6) is -0.413. The van der Waals surface area contributed by atoms with Gasteiger partial charge in [0.05, 0.1) is 0 Å². The number of amides is 3. The monoisotopic (exact) mass is 558 g/mol. The Morgan fingerprint density at radius 3 is 2.44 bits per heavy atom. The molecule has 6 rings (SSSR count). The number of carbonyl (C=O) groups excluding carboxylic acids is 3. The molecule has 3 aliphatic rings. The second kappa shape index (κ2) is 13.1. The molecule has 3 heterocycles. The summed E-state index contributed by atoms with van der Waals surface area (Å²) >= 11 is 0. The van der Waals surface area contributed by atoms with E-state index in [2.05, 4.69) is 10.2 Å². The molecule has 0 bridgehead atoms. The van der Waals surface area contributed by atoms with E-state index in [1.54, 1.807) is 11.0 Å². The van der Waals surface area contributed by atoms with Gasteiger partial charge in [0.2, 0.25) is 11.8 Å². The quantitative estimate of drug-likeness (QED) is 0.447. The number of piperidine rings is 2. The van der Waals surface area contributed by atoms with Crippen molar-refractivity contribution in [1.82, 2.24) is 15.1 Å². The number of ether oxygens (including phenoxy) is 1. The molecule has 2 fully saturated rings. The van der Waals surface area contributed by atoms with Crippen molar-refractivity contribution in [1.29, 1.82) is 0 Å². The van der Waals surface area contributed by atoms with E-state index in [0.29, 0.717) is 30.8 Å². The van der Waals surface area contributed by atoms with Crippen LogP contribution in [-0.2, 0) is 29.2 Å². The number of rotatable bonds is 6. The van der Waals surface area contributed by atoms with E-state index in [4.69, 9.17) is 10.5 Å². The van der Waals surface area contributed by atoms with Gasteiger partial charge in [0.25, 0.3) is 5.91 Å². The van der Waals surface area contributed by atoms with E-state index in [0.717, 1.165) is 43.6 Å². The molecule has 2 unspecified atom stereocenters. The molecule has 0 saturated carbocycles. The lowest BCUT2D eigenvalue weighted by Gasteiger charge is -2.33. The van der Waals surface area contributed by atoms with E-state index in [-0.39, 0.29) is 30.2 Å². The first kappa shape index (κ1) is 28.4. The zero-order valence-corrected chi connectivity index (χ0v) is 22.9. The number of nitrogens with zero attached hydrogens (tertiary/aromatic N) is 2. The Bertz CT molecular complexity index is 1380. The molecule has 41 heavy (non-hydrogen) atoms. The Labute approximate surface area is 239 Å². The molecule has 2 atom stereocenters. The van der Waals surface area contributed by atoms with Crippen LogP contribution in [0, 0.1) is 5.82 Å². The largest absolute Gasteiger partial charge is 0.489 e. The van der Waals surface area contributed by atoms with Crippen LogP contribution in [-0.4, -0.2) is 52.8 Å². The zero-order chi connectivity index (χ0) is 28.8. The molecule has 2 saturated heterocycles. The Morgan fingerprint density at radius 1 is 0.951 bits per heavy atom. The Morgan fingerprint density at radius 2 is 1.73 bits per heavy atom. The summed E-state index contributed by atoms with van der Waals surface area (Å²) in [6, 6.07) is 21.4. The first-order chi connectivity index (χ1) is 19.9. The van der Waals surface area contributed by atoms with Gasteiger partial charge < -0.3 is 15.4 Å². The maximum atomic E-state index is 13.2. The van der Waals surface area contributed by atoms with Gasteiger partial charge in [-0.25, -0.2) is 4.39 Å². The summed E-state index contributed by atoms with van der Waals surface area (Å²) in [7, 11) is 0. The molecule has 0 aromatic heterocycles. The van der Waals surface area contributed by atoms with E-state index in [1.165, 1.54) is 17.7 Å². The van der Waals surface area contributed by atoms with Gasteiger partial charge in [0.1, 0.15) is 23.7 Å². The predicted octanol–water partition coefficient (Wildman–Crippen LogP) is 3.78. The second-order valence-electron chi connectivity index (χ2n) is 10.7. The Hall–Kier alpha value is -4.08. The summed E-state index contributed by atoms with van der Waals surface area (Å²) < 4.78 is 19.4. The molecule has 9 heteroatoms. The van der Waals surface area contributed by atoms with Gasteiger partial charge in [-0.3, -0.25) is 24.6 Å². The molecule has 0 radical (unpaired) electrons. The third-order valence-electron chi connectivity index (χ3n) is 7.66. The van der Waals surface area contributed by atoms with Crippen molar-refractivity contribution in [3.8, 4) is 5.75 Å². The van der Waals surface area contributed by atoms with Crippen LogP contribution >= 0.6 is 0 Å². The topological polar surface area (TPSA) is 105 Å². The van der Waals surface area contributed by atoms with Crippen LogP contribution in [0.4, 0.5) is 4.39 Å². The van der Waals surface area contributed by atoms with E-state index < -0.39 is 11.9 Å². The molecule has 3 N–H and O–H groups in total. The molecule has 3 amide bonds. The first-order valence-corrected chi connectivity index (χ1v) is 14.0. The highest BCUT2D eigenvalue weighted by molar-refractivity contribution is 6.05. The minimum atomic E-state index is -0.620. The SMILES string of the molecule is NCc1ccccc1.O=C1CCC(N2Cc3cc(OC4CCCN(Cc5ccc(F)cc5)C4)ccc3C2=O)C(=O)N1. The third-order valence-corrected chi connectivity index (χ3v) is 7.66. The number of nitrogens with two attached hydrogens (primary N) is 1. The molecule has 3 aliphatic heterocycles. The maximum absolute atomic E-state index is 13.2. The molecular weight excluding hydrogens is 523 g/mol. The van der Waals surface area contributed by atoms with E-state index in [1.807, 2.05) is 54.6 Å². The fraction of sp³-hybridized carbons (Fsp3) is 0.344. The molecule has 0 spiro atoms. The Balaban J connectivity index is 0.000000365. The summed E-state index contributed by atoms with van der Waals surface area (Å²) in [4.78, 5) is 40.4. The van der Waals surface area contributed by atoms with Crippen LogP contribution in [0.1, 0.15) is 52.7 Å². The number of carbonyl (C=O) groups is 3. The average molecular weight is 559 g/mol. The number of fused-ring (bicyclic) bond motifs is 1. The van der Waals surface area contributed by atoms with Crippen molar-refractivity contribution < 1.29 is 23.5 Å².